The van der Waals surface area contributed by atoms with Crippen LogP contribution in [0.4, 0.5) is 17.6 Å². The average molecular weight is 260 g/mol. The predicted octanol–water partition coefficient (Wildman–Crippen LogP) is 2.23. The minimum Gasteiger partial charge on any atom is -0.477 e. The summed E-state index contributed by atoms with van der Waals surface area (Å²) in [5.41, 5.74) is 0. The van der Waals surface area contributed by atoms with Crippen LogP contribution in [0.5, 0.6) is 0 Å². The van der Waals surface area contributed by atoms with Crippen LogP contribution in [0.15, 0.2) is 0 Å². The normalized spacial score (nSPS) is 12.8. The molecule has 17 heavy (non-hydrogen) atoms. The van der Waals surface area contributed by atoms with Crippen LogP contribution in [0.1, 0.15) is 26.2 Å². The molecule has 0 rings (SSSR count). The number of carboxylic acids is 2. The quantitative estimate of drug-likeness (QED) is 0.688. The fourth-order valence-corrected chi connectivity index (χ4v) is 1.30. The topological polar surface area (TPSA) is 74.6 Å². The molecule has 0 saturated heterocycles. The third-order valence-electron chi connectivity index (χ3n) is 2.29. The zero-order valence-corrected chi connectivity index (χ0v) is 8.92. The Bertz CT molecular complexity index is 277. The maximum Gasteiger partial charge on any atom is 0.375 e. The molecule has 0 aromatic rings. The molecule has 0 aromatic carbocycles. The van der Waals surface area contributed by atoms with Crippen molar-refractivity contribution in [3.05, 3.63) is 0 Å². The summed E-state index contributed by atoms with van der Waals surface area (Å²) in [4.78, 5) is 20.4. The van der Waals surface area contributed by atoms with E-state index in [9.17, 15) is 27.2 Å². The molecule has 0 unspecified atom stereocenters. The molecule has 0 bridgehead atoms. The number of unbranched alkanes of at least 4 members (excludes halogenated alkanes) is 1. The van der Waals surface area contributed by atoms with Crippen LogP contribution >= 0.6 is 0 Å². The Hall–Kier alpha value is -1.34. The van der Waals surface area contributed by atoms with Crippen molar-refractivity contribution < 1.29 is 37.4 Å². The van der Waals surface area contributed by atoms with E-state index in [1.54, 1.807) is 0 Å². The Morgan fingerprint density at radius 3 is 1.65 bits per heavy atom. The number of rotatable bonds is 7. The van der Waals surface area contributed by atoms with Gasteiger partial charge in [0.05, 0.1) is 0 Å². The minimum absolute atomic E-state index is 0.115. The first-order chi connectivity index (χ1) is 7.58. The van der Waals surface area contributed by atoms with Gasteiger partial charge in [0.1, 0.15) is 5.92 Å². The number of carbonyl (C=O) groups is 2. The fourth-order valence-electron chi connectivity index (χ4n) is 1.30. The Morgan fingerprint density at radius 1 is 1.06 bits per heavy atom. The van der Waals surface area contributed by atoms with Crippen LogP contribution in [0.2, 0.25) is 0 Å². The largest absolute Gasteiger partial charge is 0.477 e. The smallest absolute Gasteiger partial charge is 0.375 e. The third kappa shape index (κ3) is 3.31. The number of alkyl halides is 4. The van der Waals surface area contributed by atoms with Crippen molar-refractivity contribution in [2.45, 2.75) is 38.0 Å². The van der Waals surface area contributed by atoms with Crippen molar-refractivity contribution in [2.24, 2.45) is 5.92 Å². The van der Waals surface area contributed by atoms with E-state index in [0.29, 0.717) is 0 Å². The first kappa shape index (κ1) is 15.7. The molecule has 0 saturated carbocycles. The molecule has 0 spiro atoms. The van der Waals surface area contributed by atoms with E-state index in [4.69, 9.17) is 10.2 Å². The van der Waals surface area contributed by atoms with E-state index in [2.05, 4.69) is 0 Å². The molecular formula is C9H12F4O4. The van der Waals surface area contributed by atoms with E-state index in [1.807, 2.05) is 0 Å². The highest BCUT2D eigenvalue weighted by molar-refractivity contribution is 5.80. The molecule has 0 radical (unpaired) electrons. The third-order valence-corrected chi connectivity index (χ3v) is 2.29. The van der Waals surface area contributed by atoms with E-state index >= 15 is 0 Å². The molecule has 0 fully saturated rings. The molecular weight excluding hydrogens is 248 g/mol. The van der Waals surface area contributed by atoms with E-state index in [1.165, 1.54) is 6.92 Å². The monoisotopic (exact) mass is 260 g/mol. The van der Waals surface area contributed by atoms with Crippen LogP contribution in [0.3, 0.4) is 0 Å². The first-order valence-corrected chi connectivity index (χ1v) is 4.80. The summed E-state index contributed by atoms with van der Waals surface area (Å²) in [6.45, 7) is 1.52. The second-order valence-electron chi connectivity index (χ2n) is 3.55. The van der Waals surface area contributed by atoms with Crippen molar-refractivity contribution in [1.29, 1.82) is 0 Å². The van der Waals surface area contributed by atoms with E-state index in [-0.39, 0.29) is 12.8 Å². The van der Waals surface area contributed by atoms with Crippen molar-refractivity contribution >= 4 is 11.9 Å². The van der Waals surface area contributed by atoms with Crippen LogP contribution in [-0.2, 0) is 9.59 Å². The SMILES string of the molecule is CCCCC(C(F)(F)C(=O)O)C(F)(F)C(=O)O. The molecule has 100 valence electrons. The Labute approximate surface area is 94.2 Å². The molecule has 0 aliphatic carbocycles. The molecule has 2 N–H and O–H groups in total. The first-order valence-electron chi connectivity index (χ1n) is 4.80. The van der Waals surface area contributed by atoms with Gasteiger partial charge in [-0.2, -0.15) is 17.6 Å². The lowest BCUT2D eigenvalue weighted by Gasteiger charge is -2.27. The molecule has 0 aromatic heterocycles. The molecule has 0 aliphatic heterocycles. The molecule has 0 aliphatic rings. The van der Waals surface area contributed by atoms with Crippen molar-refractivity contribution in [2.75, 3.05) is 0 Å². The van der Waals surface area contributed by atoms with Crippen LogP contribution in [-0.4, -0.2) is 34.0 Å². The molecule has 0 amide bonds. The number of hydrogen-bond donors (Lipinski definition) is 2. The van der Waals surface area contributed by atoms with Gasteiger partial charge in [-0.3, -0.25) is 0 Å². The molecule has 8 heteroatoms. The highest BCUT2D eigenvalue weighted by Crippen LogP contribution is 2.40. The summed E-state index contributed by atoms with van der Waals surface area (Å²) < 4.78 is 52.2. The van der Waals surface area contributed by atoms with E-state index < -0.39 is 36.1 Å². The fraction of sp³-hybridized carbons (Fsp3) is 0.778. The van der Waals surface area contributed by atoms with Gasteiger partial charge in [0, 0.05) is 0 Å². The summed E-state index contributed by atoms with van der Waals surface area (Å²) in [5, 5.41) is 16.4. The molecule has 0 heterocycles. The Kier molecular flexibility index (Phi) is 4.91. The van der Waals surface area contributed by atoms with Gasteiger partial charge >= 0.3 is 23.8 Å². The van der Waals surface area contributed by atoms with Gasteiger partial charge in [0.2, 0.25) is 0 Å². The standard InChI is InChI=1S/C9H12F4O4/c1-2-3-4-5(8(10,11)6(14)15)9(12,13)7(16)17/h5H,2-4H2,1H3,(H,14,15)(H,16,17). The predicted molar refractivity (Wildman–Crippen MR) is 48.2 cm³/mol. The number of carboxylic acid groups (broad SMARTS) is 2. The van der Waals surface area contributed by atoms with E-state index in [0.717, 1.165) is 0 Å². The van der Waals surface area contributed by atoms with Crippen molar-refractivity contribution in [1.82, 2.24) is 0 Å². The second kappa shape index (κ2) is 5.33. The summed E-state index contributed by atoms with van der Waals surface area (Å²) in [7, 11) is 0. The number of hydrogen-bond acceptors (Lipinski definition) is 2. The lowest BCUT2D eigenvalue weighted by Crippen LogP contribution is -2.50. The zero-order valence-electron chi connectivity index (χ0n) is 8.92. The van der Waals surface area contributed by atoms with Gasteiger partial charge in [-0.25, -0.2) is 9.59 Å². The van der Waals surface area contributed by atoms with Crippen molar-refractivity contribution in [3.8, 4) is 0 Å². The highest BCUT2D eigenvalue weighted by Gasteiger charge is 2.62. The maximum absolute atomic E-state index is 13.0. The number of aliphatic carboxylic acids is 2. The van der Waals surface area contributed by atoms with Gasteiger partial charge in [-0.1, -0.05) is 19.8 Å². The zero-order chi connectivity index (χ0) is 13.9. The van der Waals surface area contributed by atoms with Crippen LogP contribution in [0.25, 0.3) is 0 Å². The molecule has 4 nitrogen and oxygen atoms in total. The van der Waals surface area contributed by atoms with Gasteiger partial charge in [-0.05, 0) is 6.42 Å². The minimum atomic E-state index is -4.78. The Balaban J connectivity index is 5.27. The highest BCUT2D eigenvalue weighted by atomic mass is 19.3. The van der Waals surface area contributed by atoms with Crippen LogP contribution in [0, 0.1) is 5.92 Å². The van der Waals surface area contributed by atoms with Crippen molar-refractivity contribution in [3.63, 3.8) is 0 Å². The lowest BCUT2D eigenvalue weighted by molar-refractivity contribution is -0.212. The van der Waals surface area contributed by atoms with Gasteiger partial charge in [0.25, 0.3) is 0 Å². The summed E-state index contributed by atoms with van der Waals surface area (Å²) in [5.74, 6) is -18.1. The second-order valence-corrected chi connectivity index (χ2v) is 3.55. The maximum atomic E-state index is 13.0. The van der Waals surface area contributed by atoms with Gasteiger partial charge in [-0.15, -0.1) is 0 Å². The summed E-state index contributed by atoms with van der Waals surface area (Å²) >= 11 is 0. The molecule has 0 atom stereocenters. The lowest BCUT2D eigenvalue weighted by atomic mass is 9.88. The Morgan fingerprint density at radius 2 is 1.41 bits per heavy atom. The van der Waals surface area contributed by atoms with Gasteiger partial charge in [0.15, 0.2) is 0 Å². The van der Waals surface area contributed by atoms with Gasteiger partial charge < -0.3 is 10.2 Å². The van der Waals surface area contributed by atoms with Crippen LogP contribution < -0.4 is 0 Å². The summed E-state index contributed by atoms with van der Waals surface area (Å²) in [6, 6.07) is 0. The number of halogens is 4. The summed E-state index contributed by atoms with van der Waals surface area (Å²) in [6.07, 6.45) is -0.729. The average Bonchev–Trinajstić information content (AvgIpc) is 2.17.